The van der Waals surface area contributed by atoms with Gasteiger partial charge in [-0.1, -0.05) is 0 Å². The summed E-state index contributed by atoms with van der Waals surface area (Å²) in [5.41, 5.74) is 0. The molecule has 0 bridgehead atoms. The number of carbonyl (C=O) groups is 2. The van der Waals surface area contributed by atoms with Crippen molar-refractivity contribution in [2.24, 2.45) is 0 Å². The number of hydrogen-bond acceptors (Lipinski definition) is 9. The molecular weight excluding hydrogens is 256 g/mol. The molecule has 0 aromatic heterocycles. The van der Waals surface area contributed by atoms with Crippen LogP contribution in [0.1, 0.15) is 6.92 Å². The normalized spacial score (nSPS) is 11.1. The van der Waals surface area contributed by atoms with E-state index in [1.54, 1.807) is 0 Å². The van der Waals surface area contributed by atoms with Crippen LogP contribution >= 0.6 is 12.0 Å². The number of esters is 1. The van der Waals surface area contributed by atoms with E-state index in [9.17, 15) is 9.59 Å². The minimum atomic E-state index is -2.72. The third kappa shape index (κ3) is 10.0. The van der Waals surface area contributed by atoms with Gasteiger partial charge in [0.2, 0.25) is 0 Å². The molecule has 0 radical (unpaired) electrons. The van der Waals surface area contributed by atoms with Crippen LogP contribution in [0.4, 0.5) is 0 Å². The van der Waals surface area contributed by atoms with Gasteiger partial charge in [-0.2, -0.15) is 0 Å². The van der Waals surface area contributed by atoms with Gasteiger partial charge in [-0.15, -0.1) is 0 Å². The maximum Gasteiger partial charge on any atom is 0.429 e. The molecule has 0 aliphatic rings. The van der Waals surface area contributed by atoms with Crippen molar-refractivity contribution in [2.45, 2.75) is 12.9 Å². The van der Waals surface area contributed by atoms with Crippen molar-refractivity contribution < 1.29 is 38.6 Å². The van der Waals surface area contributed by atoms with Crippen molar-refractivity contribution in [1.82, 2.24) is 0 Å². The first-order valence-corrected chi connectivity index (χ1v) is 5.48. The van der Waals surface area contributed by atoms with Crippen LogP contribution in [0.3, 0.4) is 0 Å². The van der Waals surface area contributed by atoms with Crippen molar-refractivity contribution >= 4 is 24.0 Å². The Labute approximate surface area is 102 Å². The Hall–Kier alpha value is -0.870. The molecule has 0 atom stereocenters. The van der Waals surface area contributed by atoms with Crippen LogP contribution in [0.15, 0.2) is 0 Å². The average molecular weight is 270 g/mol. The van der Waals surface area contributed by atoms with Crippen LogP contribution in [-0.4, -0.2) is 58.8 Å². The molecule has 17 heavy (non-hydrogen) atoms. The zero-order chi connectivity index (χ0) is 13.3. The summed E-state index contributed by atoms with van der Waals surface area (Å²) in [5, 5.41) is 25.7. The Morgan fingerprint density at radius 2 is 1.88 bits per heavy atom. The quantitative estimate of drug-likeness (QED) is 0.165. The molecule has 0 aliphatic carbocycles. The lowest BCUT2D eigenvalue weighted by Gasteiger charge is -2.14. The molecule has 0 saturated heterocycles. The van der Waals surface area contributed by atoms with Gasteiger partial charge in [0.05, 0.1) is 37.6 Å². The summed E-state index contributed by atoms with van der Waals surface area (Å²) in [6.07, 6.45) is 0. The highest BCUT2D eigenvalue weighted by Gasteiger charge is 2.27. The van der Waals surface area contributed by atoms with E-state index in [2.05, 4.69) is 8.92 Å². The van der Waals surface area contributed by atoms with Crippen LogP contribution in [0.25, 0.3) is 0 Å². The van der Waals surface area contributed by atoms with E-state index < -0.39 is 17.9 Å². The van der Waals surface area contributed by atoms with Gasteiger partial charge in [0, 0.05) is 6.92 Å². The average Bonchev–Trinajstić information content (AvgIpc) is 2.20. The molecule has 0 spiro atoms. The summed E-state index contributed by atoms with van der Waals surface area (Å²) >= 11 is 0.646. The largest absolute Gasteiger partial charge is 0.429 e. The molecule has 9 heteroatoms. The van der Waals surface area contributed by atoms with Gasteiger partial charge < -0.3 is 29.0 Å². The van der Waals surface area contributed by atoms with E-state index in [0.717, 1.165) is 6.92 Å². The van der Waals surface area contributed by atoms with Crippen LogP contribution < -0.4 is 0 Å². The fourth-order valence-corrected chi connectivity index (χ4v) is 1.05. The Balaban J connectivity index is 3.62. The number of aliphatic hydroxyl groups excluding tert-OH is 1. The van der Waals surface area contributed by atoms with Crippen molar-refractivity contribution in [2.75, 3.05) is 25.6 Å². The number of ether oxygens (including phenoxy) is 2. The van der Waals surface area contributed by atoms with Crippen molar-refractivity contribution in [1.29, 1.82) is 0 Å². The third-order valence-corrected chi connectivity index (χ3v) is 1.74. The number of carbonyl (C=O) groups excluding carboxylic acids is 2. The summed E-state index contributed by atoms with van der Waals surface area (Å²) < 4.78 is 13.1. The van der Waals surface area contributed by atoms with Crippen LogP contribution in [0.5, 0.6) is 0 Å². The molecule has 100 valence electrons. The molecule has 0 heterocycles. The zero-order valence-corrected chi connectivity index (χ0v) is 9.94. The summed E-state index contributed by atoms with van der Waals surface area (Å²) in [6.45, 7) is 1.06. The minimum Gasteiger partial charge on any atom is -0.400 e. The summed E-state index contributed by atoms with van der Waals surface area (Å²) in [4.78, 5) is 21.7. The molecule has 0 aliphatic heterocycles. The molecule has 0 fully saturated rings. The topological polar surface area (TPSA) is 123 Å². The first-order valence-electron chi connectivity index (χ1n) is 4.57. The molecule has 0 aromatic rings. The number of aliphatic hydroxyl groups is 3. The fourth-order valence-electron chi connectivity index (χ4n) is 0.606. The molecular formula is C8H14O8S. The Bertz CT molecular complexity index is 248. The molecule has 3 N–H and O–H groups in total. The van der Waals surface area contributed by atoms with E-state index in [-0.39, 0.29) is 25.6 Å². The van der Waals surface area contributed by atoms with Gasteiger partial charge in [0.15, 0.2) is 0 Å². The lowest BCUT2D eigenvalue weighted by Crippen LogP contribution is -2.34. The Morgan fingerprint density at radius 3 is 2.41 bits per heavy atom. The molecule has 0 saturated carbocycles. The molecule has 0 amide bonds. The molecule has 0 aromatic carbocycles. The van der Waals surface area contributed by atoms with Gasteiger partial charge >= 0.3 is 17.9 Å². The van der Waals surface area contributed by atoms with Crippen molar-refractivity contribution in [3.63, 3.8) is 0 Å². The van der Waals surface area contributed by atoms with E-state index >= 15 is 0 Å². The second kappa shape index (κ2) is 8.25. The zero-order valence-electron chi connectivity index (χ0n) is 9.12. The SMILES string of the molecule is CC(O)(O)OC(=O)C(=O)OSCCOCCO. The van der Waals surface area contributed by atoms with Gasteiger partial charge in [0.1, 0.15) is 0 Å². The van der Waals surface area contributed by atoms with Gasteiger partial charge in [0.25, 0.3) is 0 Å². The lowest BCUT2D eigenvalue weighted by molar-refractivity contribution is -0.306. The maximum atomic E-state index is 10.9. The van der Waals surface area contributed by atoms with E-state index in [1.165, 1.54) is 0 Å². The molecule has 0 unspecified atom stereocenters. The third-order valence-electron chi connectivity index (χ3n) is 1.13. The number of rotatable bonds is 7. The minimum absolute atomic E-state index is 0.109. The van der Waals surface area contributed by atoms with Crippen LogP contribution in [-0.2, 0) is 23.2 Å². The standard InChI is InChI=1S/C8H14O8S/c1-8(12,13)15-6(10)7(11)16-17-5-4-14-3-2-9/h9,12-13H,2-5H2,1H3. The monoisotopic (exact) mass is 270 g/mol. The second-order valence-electron chi connectivity index (χ2n) is 2.85. The number of hydrogen-bond donors (Lipinski definition) is 3. The predicted molar refractivity (Wildman–Crippen MR) is 55.4 cm³/mol. The Morgan fingerprint density at radius 1 is 1.24 bits per heavy atom. The summed E-state index contributed by atoms with van der Waals surface area (Å²) in [5.74, 6) is -5.33. The lowest BCUT2D eigenvalue weighted by atomic mass is 10.6. The fraction of sp³-hybridized carbons (Fsp3) is 0.750. The van der Waals surface area contributed by atoms with Gasteiger partial charge in [-0.05, 0) is 0 Å². The van der Waals surface area contributed by atoms with Crippen molar-refractivity contribution in [3.8, 4) is 0 Å². The smallest absolute Gasteiger partial charge is 0.400 e. The van der Waals surface area contributed by atoms with Gasteiger partial charge in [-0.3, -0.25) is 0 Å². The highest BCUT2D eigenvalue weighted by Crippen LogP contribution is 2.06. The summed E-state index contributed by atoms with van der Waals surface area (Å²) in [7, 11) is 0. The highest BCUT2D eigenvalue weighted by molar-refractivity contribution is 7.95. The van der Waals surface area contributed by atoms with Crippen molar-refractivity contribution in [3.05, 3.63) is 0 Å². The Kier molecular flexibility index (Phi) is 7.83. The maximum absolute atomic E-state index is 10.9. The summed E-state index contributed by atoms with van der Waals surface area (Å²) in [6, 6.07) is 0. The molecule has 0 rings (SSSR count). The predicted octanol–water partition coefficient (Wildman–Crippen LogP) is -1.61. The first-order chi connectivity index (χ1) is 7.87. The van der Waals surface area contributed by atoms with Gasteiger partial charge in [-0.25, -0.2) is 9.59 Å². The highest BCUT2D eigenvalue weighted by atomic mass is 32.2. The van der Waals surface area contributed by atoms with E-state index in [0.29, 0.717) is 12.0 Å². The van der Waals surface area contributed by atoms with E-state index in [1.807, 2.05) is 0 Å². The van der Waals surface area contributed by atoms with Crippen LogP contribution in [0, 0.1) is 0 Å². The first kappa shape index (κ1) is 16.1. The van der Waals surface area contributed by atoms with Crippen LogP contribution in [0.2, 0.25) is 0 Å². The second-order valence-corrected chi connectivity index (χ2v) is 3.66. The molecule has 8 nitrogen and oxygen atoms in total. The van der Waals surface area contributed by atoms with E-state index in [4.69, 9.17) is 20.1 Å².